The van der Waals surface area contributed by atoms with Crippen LogP contribution in [0.4, 0.5) is 5.95 Å². The first-order chi connectivity index (χ1) is 9.61. The zero-order valence-corrected chi connectivity index (χ0v) is 12.2. The smallest absolute Gasteiger partial charge is 0.338 e. The molecular formula is C13H14N4O2S. The summed E-state index contributed by atoms with van der Waals surface area (Å²) in [5, 5.41) is 7.32. The number of nitrogens with zero attached hydrogens (tertiary/aromatic N) is 3. The van der Waals surface area contributed by atoms with Crippen LogP contribution in [0, 0.1) is 6.92 Å². The Morgan fingerprint density at radius 2 is 2.25 bits per heavy atom. The van der Waals surface area contributed by atoms with Gasteiger partial charge >= 0.3 is 5.97 Å². The highest BCUT2D eigenvalue weighted by Gasteiger charge is 2.34. The monoisotopic (exact) mass is 290 g/mol. The molecule has 1 aliphatic rings. The van der Waals surface area contributed by atoms with E-state index in [0.717, 1.165) is 10.6 Å². The molecule has 1 N–H and O–H groups in total. The van der Waals surface area contributed by atoms with Crippen molar-refractivity contribution in [2.75, 3.05) is 12.4 Å². The molecule has 0 radical (unpaired) electrons. The van der Waals surface area contributed by atoms with Crippen LogP contribution in [0.1, 0.15) is 22.7 Å². The van der Waals surface area contributed by atoms with E-state index in [9.17, 15) is 4.79 Å². The van der Waals surface area contributed by atoms with Crippen LogP contribution < -0.4 is 5.32 Å². The molecule has 1 unspecified atom stereocenters. The van der Waals surface area contributed by atoms with Crippen LogP contribution in [0.25, 0.3) is 0 Å². The Hall–Kier alpha value is -2.15. The number of allylic oxidation sites excluding steroid dienone is 1. The quantitative estimate of drug-likeness (QED) is 0.858. The molecule has 0 spiro atoms. The summed E-state index contributed by atoms with van der Waals surface area (Å²) in [4.78, 5) is 18.5. The zero-order chi connectivity index (χ0) is 14.3. The Morgan fingerprint density at radius 1 is 1.45 bits per heavy atom. The number of carbonyl (C=O) groups is 1. The van der Waals surface area contributed by atoms with E-state index < -0.39 is 0 Å². The van der Waals surface area contributed by atoms with Gasteiger partial charge in [-0.2, -0.15) is 10.1 Å². The van der Waals surface area contributed by atoms with Gasteiger partial charge in [0.15, 0.2) is 0 Å². The van der Waals surface area contributed by atoms with Gasteiger partial charge in [0.2, 0.25) is 5.95 Å². The number of hydrogen-bond donors (Lipinski definition) is 1. The fourth-order valence-corrected chi connectivity index (χ4v) is 3.30. The van der Waals surface area contributed by atoms with Gasteiger partial charge in [-0.15, -0.1) is 11.3 Å². The molecule has 6 nitrogen and oxygen atoms in total. The Balaban J connectivity index is 2.18. The van der Waals surface area contributed by atoms with Gasteiger partial charge in [0.05, 0.1) is 12.7 Å². The molecule has 0 aromatic carbocycles. The lowest BCUT2D eigenvalue weighted by molar-refractivity contribution is -0.136. The number of anilines is 1. The van der Waals surface area contributed by atoms with Crippen LogP contribution in [0.2, 0.25) is 0 Å². The summed E-state index contributed by atoms with van der Waals surface area (Å²) in [5.74, 6) is 0.276. The van der Waals surface area contributed by atoms with Gasteiger partial charge in [-0.3, -0.25) is 0 Å². The molecule has 7 heteroatoms. The van der Waals surface area contributed by atoms with Crippen LogP contribution in [-0.4, -0.2) is 27.8 Å². The minimum Gasteiger partial charge on any atom is -0.466 e. The molecule has 1 atom stereocenters. The zero-order valence-electron chi connectivity index (χ0n) is 11.4. The summed E-state index contributed by atoms with van der Waals surface area (Å²) < 4.78 is 6.63. The number of carbonyl (C=O) groups excluding carboxylic acids is 1. The second-order valence-electron chi connectivity index (χ2n) is 4.53. The minimum atomic E-state index is -0.354. The maximum atomic E-state index is 12.1. The number of esters is 1. The van der Waals surface area contributed by atoms with Crippen molar-refractivity contribution >= 4 is 23.3 Å². The topological polar surface area (TPSA) is 69.0 Å². The fraction of sp³-hybridized carbons (Fsp3) is 0.308. The average Bonchev–Trinajstić information content (AvgIpc) is 3.04. The normalized spacial score (nSPS) is 17.6. The van der Waals surface area contributed by atoms with Gasteiger partial charge in [0.25, 0.3) is 0 Å². The fourth-order valence-electron chi connectivity index (χ4n) is 2.33. The molecule has 0 bridgehead atoms. The molecule has 0 aliphatic carbocycles. The lowest BCUT2D eigenvalue weighted by atomic mass is 10.0. The van der Waals surface area contributed by atoms with Crippen molar-refractivity contribution in [2.24, 2.45) is 0 Å². The summed E-state index contributed by atoms with van der Waals surface area (Å²) in [6.45, 7) is 3.88. The molecule has 104 valence electrons. The average molecular weight is 290 g/mol. The van der Waals surface area contributed by atoms with Gasteiger partial charge in [-0.1, -0.05) is 0 Å². The van der Waals surface area contributed by atoms with Gasteiger partial charge in [-0.05, 0) is 26.0 Å². The van der Waals surface area contributed by atoms with Gasteiger partial charge in [0, 0.05) is 15.5 Å². The third-order valence-corrected chi connectivity index (χ3v) is 4.28. The highest BCUT2D eigenvalue weighted by molar-refractivity contribution is 7.12. The molecule has 20 heavy (non-hydrogen) atoms. The van der Waals surface area contributed by atoms with E-state index in [-0.39, 0.29) is 12.0 Å². The molecule has 2 aromatic rings. The van der Waals surface area contributed by atoms with Gasteiger partial charge in [-0.25, -0.2) is 9.48 Å². The van der Waals surface area contributed by atoms with Crippen molar-refractivity contribution in [3.63, 3.8) is 0 Å². The SMILES string of the molecule is COC(=O)C1=C(C)Nc2ncnn2C1c1ccc(C)s1. The number of rotatable bonds is 2. The second-order valence-corrected chi connectivity index (χ2v) is 5.85. The Kier molecular flexibility index (Phi) is 3.06. The summed E-state index contributed by atoms with van der Waals surface area (Å²) in [7, 11) is 1.39. The number of nitrogens with one attached hydrogen (secondary N) is 1. The summed E-state index contributed by atoms with van der Waals surface area (Å²) in [6, 6.07) is 3.75. The van der Waals surface area contributed by atoms with Crippen LogP contribution in [0.15, 0.2) is 29.7 Å². The van der Waals surface area contributed by atoms with Crippen molar-refractivity contribution in [2.45, 2.75) is 19.9 Å². The Morgan fingerprint density at radius 3 is 2.90 bits per heavy atom. The first-order valence-electron chi connectivity index (χ1n) is 6.13. The molecule has 0 amide bonds. The molecular weight excluding hydrogens is 276 g/mol. The van der Waals surface area contributed by atoms with Crippen molar-refractivity contribution in [1.29, 1.82) is 0 Å². The number of aryl methyl sites for hydroxylation is 1. The van der Waals surface area contributed by atoms with E-state index >= 15 is 0 Å². The van der Waals surface area contributed by atoms with Crippen LogP contribution >= 0.6 is 11.3 Å². The summed E-state index contributed by atoms with van der Waals surface area (Å²) >= 11 is 1.64. The van der Waals surface area contributed by atoms with E-state index in [0.29, 0.717) is 11.5 Å². The lowest BCUT2D eigenvalue weighted by Crippen LogP contribution is -2.28. The second kappa shape index (κ2) is 4.75. The van der Waals surface area contributed by atoms with Crippen molar-refractivity contribution in [3.05, 3.63) is 39.5 Å². The third-order valence-electron chi connectivity index (χ3n) is 3.23. The molecule has 3 rings (SSSR count). The number of hydrogen-bond acceptors (Lipinski definition) is 6. The van der Waals surface area contributed by atoms with Gasteiger partial charge in [0.1, 0.15) is 12.4 Å². The van der Waals surface area contributed by atoms with Crippen molar-refractivity contribution < 1.29 is 9.53 Å². The third kappa shape index (κ3) is 1.90. The molecule has 1 aliphatic heterocycles. The predicted octanol–water partition coefficient (Wildman–Crippen LogP) is 2.11. The maximum absolute atomic E-state index is 12.1. The first-order valence-corrected chi connectivity index (χ1v) is 6.95. The van der Waals surface area contributed by atoms with E-state index in [1.165, 1.54) is 18.3 Å². The summed E-state index contributed by atoms with van der Waals surface area (Å²) in [5.41, 5.74) is 1.31. The standard InChI is InChI=1S/C13H14N4O2S/c1-7-4-5-9(20-7)11-10(12(18)19-3)8(2)16-13-14-6-15-17(11)13/h4-6,11H,1-3H3,(H,14,15,16). The van der Waals surface area contributed by atoms with Gasteiger partial charge < -0.3 is 10.1 Å². The molecule has 0 saturated carbocycles. The highest BCUT2D eigenvalue weighted by atomic mass is 32.1. The van der Waals surface area contributed by atoms with Crippen LogP contribution in [-0.2, 0) is 9.53 Å². The van der Waals surface area contributed by atoms with E-state index in [2.05, 4.69) is 15.4 Å². The molecule has 0 fully saturated rings. The molecule has 2 aromatic heterocycles. The minimum absolute atomic E-state index is 0.292. The van der Waals surface area contributed by atoms with E-state index in [4.69, 9.17) is 4.74 Å². The largest absolute Gasteiger partial charge is 0.466 e. The van der Waals surface area contributed by atoms with Crippen LogP contribution in [0.3, 0.4) is 0 Å². The summed E-state index contributed by atoms with van der Waals surface area (Å²) in [6.07, 6.45) is 1.48. The van der Waals surface area contributed by atoms with Crippen molar-refractivity contribution in [1.82, 2.24) is 14.8 Å². The maximum Gasteiger partial charge on any atom is 0.338 e. The van der Waals surface area contributed by atoms with Crippen molar-refractivity contribution in [3.8, 4) is 0 Å². The number of thiophene rings is 1. The van der Waals surface area contributed by atoms with E-state index in [1.54, 1.807) is 16.0 Å². The predicted molar refractivity (Wildman–Crippen MR) is 75.6 cm³/mol. The highest BCUT2D eigenvalue weighted by Crippen LogP contribution is 2.37. The number of methoxy groups -OCH3 is 1. The number of aromatic nitrogens is 3. The Bertz CT molecular complexity index is 701. The molecule has 3 heterocycles. The van der Waals surface area contributed by atoms with Crippen LogP contribution in [0.5, 0.6) is 0 Å². The Labute approximate surface area is 120 Å². The number of ether oxygens (including phenoxy) is 1. The van der Waals surface area contributed by atoms with E-state index in [1.807, 2.05) is 26.0 Å². The lowest BCUT2D eigenvalue weighted by Gasteiger charge is -2.26. The first kappa shape index (κ1) is 12.9. The number of fused-ring (bicyclic) bond motifs is 1. The molecule has 0 saturated heterocycles.